The van der Waals surface area contributed by atoms with E-state index in [1.54, 1.807) is 0 Å². The topological polar surface area (TPSA) is 61.8 Å². The Labute approximate surface area is 284 Å². The molecule has 0 saturated heterocycles. The fraction of sp³-hybridized carbons (Fsp3) is 0.385. The van der Waals surface area contributed by atoms with E-state index >= 15 is 0 Å². The summed E-state index contributed by atoms with van der Waals surface area (Å²) in [7, 11) is -9.60. The van der Waals surface area contributed by atoms with Gasteiger partial charge < -0.3 is 8.85 Å². The minimum atomic E-state index is -3.80. The Kier molecular flexibility index (Phi) is 10.2. The Bertz CT molecular complexity index is 1620. The van der Waals surface area contributed by atoms with E-state index in [0.29, 0.717) is 13.0 Å². The number of hydrogen-bond acceptors (Lipinski definition) is 5. The summed E-state index contributed by atoms with van der Waals surface area (Å²) in [5.41, 5.74) is -1.04. The molecule has 1 aliphatic rings. The van der Waals surface area contributed by atoms with Gasteiger partial charge in [0.15, 0.2) is 0 Å². The number of rotatable bonds is 12. The molecule has 2 unspecified atom stereocenters. The highest BCUT2D eigenvalue weighted by Gasteiger charge is 2.58. The average molecular weight is 687 g/mol. The van der Waals surface area contributed by atoms with Gasteiger partial charge in [0.05, 0.1) is 12.9 Å². The Morgan fingerprint density at radius 2 is 0.957 bits per heavy atom. The van der Waals surface area contributed by atoms with E-state index < -0.39 is 32.4 Å². The van der Waals surface area contributed by atoms with E-state index in [0.717, 1.165) is 23.1 Å². The van der Waals surface area contributed by atoms with Crippen LogP contribution in [0.1, 0.15) is 54.4 Å². The average Bonchev–Trinajstić information content (AvgIpc) is 3.02. The lowest BCUT2D eigenvalue weighted by molar-refractivity contribution is -0.110. The van der Waals surface area contributed by atoms with Crippen LogP contribution in [0.15, 0.2) is 121 Å². The van der Waals surface area contributed by atoms with E-state index in [4.69, 9.17) is 13.0 Å². The summed E-state index contributed by atoms with van der Waals surface area (Å²) in [5, 5.41) is 4.21. The molecule has 4 aromatic carbocycles. The van der Waals surface area contributed by atoms with Crippen molar-refractivity contribution in [3.63, 3.8) is 0 Å². The van der Waals surface area contributed by atoms with Crippen molar-refractivity contribution in [3.8, 4) is 0 Å². The molecule has 8 heteroatoms. The highest BCUT2D eigenvalue weighted by Crippen LogP contribution is 2.47. The Hall–Kier alpha value is -2.86. The summed E-state index contributed by atoms with van der Waals surface area (Å²) in [4.78, 5) is 0. The molecule has 250 valence electrons. The third kappa shape index (κ3) is 7.00. The van der Waals surface area contributed by atoms with Crippen molar-refractivity contribution in [2.75, 3.05) is 19.5 Å². The summed E-state index contributed by atoms with van der Waals surface area (Å²) in [5.74, 6) is -0.169. The molecule has 0 heterocycles. The Balaban J connectivity index is 1.56. The fourth-order valence-corrected chi connectivity index (χ4v) is 17.6. The molecule has 1 saturated carbocycles. The molecule has 1 fully saturated rings. The van der Waals surface area contributed by atoms with Crippen LogP contribution >= 0.6 is 0 Å². The van der Waals surface area contributed by atoms with Crippen LogP contribution < -0.4 is 20.7 Å². The summed E-state index contributed by atoms with van der Waals surface area (Å²) in [6.07, 6.45) is 2.51. The van der Waals surface area contributed by atoms with Gasteiger partial charge in [0.25, 0.3) is 26.8 Å². The molecule has 0 aliphatic heterocycles. The van der Waals surface area contributed by atoms with Crippen LogP contribution in [0.4, 0.5) is 0 Å². The largest absolute Gasteiger partial charge is 0.407 e. The maximum atomic E-state index is 13.0. The molecule has 4 aromatic rings. The predicted molar refractivity (Wildman–Crippen MR) is 199 cm³/mol. The second-order valence-corrected chi connectivity index (χ2v) is 25.2. The van der Waals surface area contributed by atoms with E-state index in [-0.39, 0.29) is 22.6 Å². The normalized spacial score (nSPS) is 19.3. The zero-order chi connectivity index (χ0) is 34.0. The second-order valence-electron chi connectivity index (χ2n) is 15.0. The zero-order valence-corrected chi connectivity index (χ0v) is 31.7. The van der Waals surface area contributed by atoms with Crippen LogP contribution in [0.3, 0.4) is 0 Å². The van der Waals surface area contributed by atoms with Crippen LogP contribution in [-0.4, -0.2) is 50.1 Å². The van der Waals surface area contributed by atoms with E-state index in [1.807, 2.05) is 24.3 Å². The third-order valence-electron chi connectivity index (χ3n) is 9.84. The standard InChI is InChI=1S/C39H50O5SSi2/c1-37(2,3)46(33-20-12-8-13-21-33,34-22-14-9-15-23-34)42-30-32-28-29-39(32,44-45(7,40)41)31-43-47(38(4,5)6,35-24-16-10-17-25-35)36-26-18-11-19-27-36/h8-27,32H,28-31H2,1-7H3. The quantitative estimate of drug-likeness (QED) is 0.130. The summed E-state index contributed by atoms with van der Waals surface area (Å²) in [6, 6.07) is 42.0. The van der Waals surface area contributed by atoms with Crippen LogP contribution in [-0.2, 0) is 23.2 Å². The lowest BCUT2D eigenvalue weighted by Gasteiger charge is -2.52. The predicted octanol–water partition coefficient (Wildman–Crippen LogP) is 6.26. The molecule has 0 aromatic heterocycles. The lowest BCUT2D eigenvalue weighted by Crippen LogP contribution is -2.70. The van der Waals surface area contributed by atoms with Gasteiger partial charge in [-0.1, -0.05) is 163 Å². The molecule has 0 N–H and O–H groups in total. The Morgan fingerprint density at radius 1 is 0.617 bits per heavy atom. The molecular weight excluding hydrogens is 637 g/mol. The summed E-state index contributed by atoms with van der Waals surface area (Å²) >= 11 is 0. The first kappa shape index (κ1) is 35.5. The molecule has 0 spiro atoms. The van der Waals surface area contributed by atoms with Gasteiger partial charge in [0, 0.05) is 12.5 Å². The smallest absolute Gasteiger partial charge is 0.265 e. The van der Waals surface area contributed by atoms with Crippen LogP contribution in [0.25, 0.3) is 0 Å². The summed E-state index contributed by atoms with van der Waals surface area (Å²) in [6.45, 7) is 14.0. The van der Waals surface area contributed by atoms with Crippen molar-refractivity contribution in [1.29, 1.82) is 0 Å². The zero-order valence-electron chi connectivity index (χ0n) is 28.9. The first-order chi connectivity index (χ1) is 22.1. The molecule has 0 amide bonds. The molecule has 0 radical (unpaired) electrons. The summed E-state index contributed by atoms with van der Waals surface area (Å²) < 4.78 is 46.7. The minimum Gasteiger partial charge on any atom is -0.407 e. The SMILES string of the molecule is CC(C)(C)[Si](OCC1CCC1(CO[Si](c1ccccc1)(c1ccccc1)C(C)(C)C)OS(C)(=O)=O)(c1ccccc1)c1ccccc1. The van der Waals surface area contributed by atoms with Crippen LogP contribution in [0.2, 0.25) is 10.1 Å². The minimum absolute atomic E-state index is 0.155. The lowest BCUT2D eigenvalue weighted by atomic mass is 9.70. The second kappa shape index (κ2) is 13.6. The van der Waals surface area contributed by atoms with Gasteiger partial charge in [0.2, 0.25) is 0 Å². The molecule has 2 atom stereocenters. The van der Waals surface area contributed by atoms with Crippen molar-refractivity contribution in [3.05, 3.63) is 121 Å². The van der Waals surface area contributed by atoms with Crippen molar-refractivity contribution >= 4 is 47.5 Å². The first-order valence-electron chi connectivity index (χ1n) is 16.6. The van der Waals surface area contributed by atoms with Gasteiger partial charge in [-0.2, -0.15) is 8.42 Å². The van der Waals surface area contributed by atoms with Gasteiger partial charge in [0.1, 0.15) is 5.60 Å². The van der Waals surface area contributed by atoms with Gasteiger partial charge in [-0.25, -0.2) is 0 Å². The van der Waals surface area contributed by atoms with Gasteiger partial charge >= 0.3 is 0 Å². The fourth-order valence-electron chi connectivity index (χ4n) is 7.51. The van der Waals surface area contributed by atoms with Crippen molar-refractivity contribution in [2.24, 2.45) is 5.92 Å². The van der Waals surface area contributed by atoms with Gasteiger partial charge in [-0.3, -0.25) is 4.18 Å². The monoisotopic (exact) mass is 686 g/mol. The number of hydrogen-bond donors (Lipinski definition) is 0. The van der Waals surface area contributed by atoms with E-state index in [9.17, 15) is 8.42 Å². The first-order valence-corrected chi connectivity index (χ1v) is 22.2. The Morgan fingerprint density at radius 3 is 1.23 bits per heavy atom. The van der Waals surface area contributed by atoms with E-state index in [1.165, 1.54) is 10.4 Å². The molecule has 5 nitrogen and oxygen atoms in total. The maximum absolute atomic E-state index is 13.0. The van der Waals surface area contributed by atoms with Crippen LogP contribution in [0, 0.1) is 5.92 Å². The van der Waals surface area contributed by atoms with Gasteiger partial charge in [-0.15, -0.1) is 0 Å². The highest BCUT2D eigenvalue weighted by molar-refractivity contribution is 7.86. The van der Waals surface area contributed by atoms with Crippen molar-refractivity contribution in [2.45, 2.75) is 70.1 Å². The third-order valence-corrected chi connectivity index (χ3v) is 20.5. The van der Waals surface area contributed by atoms with Gasteiger partial charge in [-0.05, 0) is 43.7 Å². The van der Waals surface area contributed by atoms with Crippen molar-refractivity contribution < 1.29 is 21.5 Å². The molecule has 0 bridgehead atoms. The van der Waals surface area contributed by atoms with Crippen molar-refractivity contribution in [1.82, 2.24) is 0 Å². The molecule has 47 heavy (non-hydrogen) atoms. The molecular formula is C39H50O5SSi2. The van der Waals surface area contributed by atoms with E-state index in [2.05, 4.69) is 139 Å². The molecule has 5 rings (SSSR count). The molecule has 1 aliphatic carbocycles. The van der Waals surface area contributed by atoms with Crippen LogP contribution in [0.5, 0.6) is 0 Å². The maximum Gasteiger partial charge on any atom is 0.265 e. The number of benzene rings is 4. The highest BCUT2D eigenvalue weighted by atomic mass is 32.2.